The predicted molar refractivity (Wildman–Crippen MR) is 58.3 cm³/mol. The summed E-state index contributed by atoms with van der Waals surface area (Å²) in [5.41, 5.74) is 1.54. The van der Waals surface area contributed by atoms with E-state index in [9.17, 15) is 0 Å². The van der Waals surface area contributed by atoms with Crippen LogP contribution in [0.25, 0.3) is 0 Å². The van der Waals surface area contributed by atoms with Crippen molar-refractivity contribution in [2.24, 2.45) is 5.92 Å². The van der Waals surface area contributed by atoms with Gasteiger partial charge in [0.15, 0.2) is 0 Å². The van der Waals surface area contributed by atoms with Gasteiger partial charge in [-0.05, 0) is 24.3 Å². The average molecular weight is 187 g/mol. The van der Waals surface area contributed by atoms with E-state index in [1.807, 2.05) is 0 Å². The number of rotatable bonds is 1. The van der Waals surface area contributed by atoms with Gasteiger partial charge in [-0.2, -0.15) is 0 Å². The van der Waals surface area contributed by atoms with Gasteiger partial charge < -0.3 is 5.32 Å². The molecule has 3 rings (SSSR count). The quantitative estimate of drug-likeness (QED) is 0.712. The maximum atomic E-state index is 3.67. The van der Waals surface area contributed by atoms with Crippen LogP contribution in [0.5, 0.6) is 0 Å². The van der Waals surface area contributed by atoms with E-state index in [1.54, 1.807) is 0 Å². The minimum atomic E-state index is 0.781. The first kappa shape index (κ1) is 8.49. The zero-order chi connectivity index (χ0) is 9.38. The summed E-state index contributed by atoms with van der Waals surface area (Å²) in [7, 11) is 0. The van der Waals surface area contributed by atoms with Crippen LogP contribution in [-0.4, -0.2) is 12.6 Å². The van der Waals surface area contributed by atoms with E-state index < -0.39 is 0 Å². The van der Waals surface area contributed by atoms with Gasteiger partial charge in [0.25, 0.3) is 0 Å². The Bertz CT molecular complexity index is 306. The third-order valence-corrected chi connectivity index (χ3v) is 3.91. The van der Waals surface area contributed by atoms with Crippen LogP contribution in [-0.2, 0) is 0 Å². The summed E-state index contributed by atoms with van der Waals surface area (Å²) in [6.45, 7) is 1.19. The molecule has 1 heterocycles. The third-order valence-electron chi connectivity index (χ3n) is 3.91. The second-order valence-corrected chi connectivity index (χ2v) is 4.63. The van der Waals surface area contributed by atoms with E-state index in [-0.39, 0.29) is 0 Å². The van der Waals surface area contributed by atoms with Gasteiger partial charge in [-0.1, -0.05) is 36.8 Å². The molecule has 1 heteroatoms. The largest absolute Gasteiger partial charge is 0.313 e. The Morgan fingerprint density at radius 3 is 2.79 bits per heavy atom. The second-order valence-electron chi connectivity index (χ2n) is 4.63. The molecule has 1 aliphatic carbocycles. The summed E-state index contributed by atoms with van der Waals surface area (Å²) in [6.07, 6.45) is 4.25. The van der Waals surface area contributed by atoms with Crippen LogP contribution >= 0.6 is 0 Å². The SMILES string of the molecule is c1ccc([C@H]2CNC3CCC[C@@H]32)cc1. The Hall–Kier alpha value is -0.820. The molecule has 74 valence electrons. The van der Waals surface area contributed by atoms with Crippen LogP contribution in [0.2, 0.25) is 0 Å². The molecule has 0 radical (unpaired) electrons. The molecule has 0 aromatic heterocycles. The van der Waals surface area contributed by atoms with Crippen LogP contribution in [0, 0.1) is 5.92 Å². The van der Waals surface area contributed by atoms with Gasteiger partial charge in [0.2, 0.25) is 0 Å². The second kappa shape index (κ2) is 3.39. The summed E-state index contributed by atoms with van der Waals surface area (Å²) in [4.78, 5) is 0. The first-order valence-corrected chi connectivity index (χ1v) is 5.73. The minimum Gasteiger partial charge on any atom is -0.313 e. The molecule has 14 heavy (non-hydrogen) atoms. The van der Waals surface area contributed by atoms with E-state index in [1.165, 1.54) is 31.4 Å². The molecule has 0 bridgehead atoms. The summed E-state index contributed by atoms with van der Waals surface area (Å²) in [5, 5.41) is 3.67. The molecule has 1 unspecified atom stereocenters. The summed E-state index contributed by atoms with van der Waals surface area (Å²) >= 11 is 0. The van der Waals surface area contributed by atoms with E-state index in [0.717, 1.165) is 17.9 Å². The zero-order valence-electron chi connectivity index (χ0n) is 8.45. The molecule has 1 N–H and O–H groups in total. The van der Waals surface area contributed by atoms with Crippen molar-refractivity contribution in [2.45, 2.75) is 31.2 Å². The first-order chi connectivity index (χ1) is 6.95. The highest BCUT2D eigenvalue weighted by Gasteiger charge is 2.39. The van der Waals surface area contributed by atoms with Crippen LogP contribution in [0.1, 0.15) is 30.7 Å². The highest BCUT2D eigenvalue weighted by molar-refractivity contribution is 5.23. The highest BCUT2D eigenvalue weighted by Crippen LogP contribution is 2.41. The van der Waals surface area contributed by atoms with Crippen LogP contribution in [0.15, 0.2) is 30.3 Å². The minimum absolute atomic E-state index is 0.781. The smallest absolute Gasteiger partial charge is 0.0102 e. The topological polar surface area (TPSA) is 12.0 Å². The number of nitrogens with one attached hydrogen (secondary N) is 1. The number of hydrogen-bond acceptors (Lipinski definition) is 1. The number of hydrogen-bond donors (Lipinski definition) is 1. The Labute approximate surface area is 85.5 Å². The normalized spacial score (nSPS) is 35.9. The van der Waals surface area contributed by atoms with Crippen molar-refractivity contribution >= 4 is 0 Å². The fourth-order valence-corrected chi connectivity index (χ4v) is 3.22. The lowest BCUT2D eigenvalue weighted by atomic mass is 9.87. The predicted octanol–water partition coefficient (Wildman–Crippen LogP) is 2.54. The van der Waals surface area contributed by atoms with Gasteiger partial charge in [0.05, 0.1) is 0 Å². The van der Waals surface area contributed by atoms with E-state index in [4.69, 9.17) is 0 Å². The summed E-state index contributed by atoms with van der Waals surface area (Å²) in [6, 6.07) is 11.8. The Kier molecular flexibility index (Phi) is 2.06. The average Bonchev–Trinajstić information content (AvgIpc) is 2.79. The van der Waals surface area contributed by atoms with Gasteiger partial charge >= 0.3 is 0 Å². The van der Waals surface area contributed by atoms with Crippen molar-refractivity contribution < 1.29 is 0 Å². The molecule has 1 aromatic carbocycles. The molecule has 1 aliphatic heterocycles. The molecule has 1 saturated carbocycles. The molecular formula is C13H17N. The third kappa shape index (κ3) is 1.27. The van der Waals surface area contributed by atoms with E-state index in [2.05, 4.69) is 35.6 Å². The standard InChI is InChI=1S/C13H17N/c1-2-5-10(6-3-1)12-9-14-13-8-4-7-11(12)13/h1-3,5-6,11-14H,4,7-9H2/t11-,12-,13?/m1/s1. The molecule has 1 nitrogen and oxygen atoms in total. The monoisotopic (exact) mass is 187 g/mol. The molecule has 0 spiro atoms. The number of benzene rings is 1. The molecule has 1 aromatic rings. The van der Waals surface area contributed by atoms with Crippen LogP contribution in [0.3, 0.4) is 0 Å². The Morgan fingerprint density at radius 2 is 1.93 bits per heavy atom. The van der Waals surface area contributed by atoms with E-state index in [0.29, 0.717) is 0 Å². The fraction of sp³-hybridized carbons (Fsp3) is 0.538. The van der Waals surface area contributed by atoms with Gasteiger partial charge in [0.1, 0.15) is 0 Å². The van der Waals surface area contributed by atoms with Gasteiger partial charge in [-0.25, -0.2) is 0 Å². The summed E-state index contributed by atoms with van der Waals surface area (Å²) in [5.74, 6) is 1.70. The van der Waals surface area contributed by atoms with Crippen LogP contribution < -0.4 is 5.32 Å². The highest BCUT2D eigenvalue weighted by atomic mass is 15.0. The van der Waals surface area contributed by atoms with E-state index >= 15 is 0 Å². The fourth-order valence-electron chi connectivity index (χ4n) is 3.22. The van der Waals surface area contributed by atoms with Crippen molar-refractivity contribution in [3.63, 3.8) is 0 Å². The van der Waals surface area contributed by atoms with Crippen molar-refractivity contribution in [1.82, 2.24) is 5.32 Å². The molecule has 2 aliphatic rings. The lowest BCUT2D eigenvalue weighted by molar-refractivity contribution is 0.479. The van der Waals surface area contributed by atoms with Gasteiger partial charge in [-0.15, -0.1) is 0 Å². The van der Waals surface area contributed by atoms with Crippen molar-refractivity contribution in [3.05, 3.63) is 35.9 Å². The molecule has 3 atom stereocenters. The zero-order valence-corrected chi connectivity index (χ0v) is 8.45. The van der Waals surface area contributed by atoms with Crippen molar-refractivity contribution in [1.29, 1.82) is 0 Å². The van der Waals surface area contributed by atoms with Gasteiger partial charge in [0, 0.05) is 18.5 Å². The Balaban J connectivity index is 1.86. The Morgan fingerprint density at radius 1 is 1.07 bits per heavy atom. The number of fused-ring (bicyclic) bond motifs is 1. The lowest BCUT2D eigenvalue weighted by Crippen LogP contribution is -2.21. The molecular weight excluding hydrogens is 170 g/mol. The molecule has 1 saturated heterocycles. The van der Waals surface area contributed by atoms with Crippen LogP contribution in [0.4, 0.5) is 0 Å². The molecule has 0 amide bonds. The van der Waals surface area contributed by atoms with Crippen molar-refractivity contribution in [2.75, 3.05) is 6.54 Å². The molecule has 2 fully saturated rings. The first-order valence-electron chi connectivity index (χ1n) is 5.73. The summed E-state index contributed by atoms with van der Waals surface area (Å²) < 4.78 is 0. The maximum Gasteiger partial charge on any atom is 0.0102 e. The van der Waals surface area contributed by atoms with Crippen molar-refractivity contribution in [3.8, 4) is 0 Å². The lowest BCUT2D eigenvalue weighted by Gasteiger charge is -2.17. The van der Waals surface area contributed by atoms with Gasteiger partial charge in [-0.3, -0.25) is 0 Å². The maximum absolute atomic E-state index is 3.67.